The fourth-order valence-corrected chi connectivity index (χ4v) is 3.68. The molecule has 1 aromatic carbocycles. The Bertz CT molecular complexity index is 689. The molecule has 5 heteroatoms. The molecule has 0 amide bonds. The summed E-state index contributed by atoms with van der Waals surface area (Å²) in [5, 5.41) is 9.35. The number of ketones is 1. The maximum atomic E-state index is 12.6. The Hall–Kier alpha value is -1.62. The van der Waals surface area contributed by atoms with Crippen LogP contribution in [0.4, 0.5) is 0 Å². The zero-order valence-corrected chi connectivity index (χ0v) is 14.8. The van der Waals surface area contributed by atoms with E-state index in [0.717, 1.165) is 29.5 Å². The molecule has 1 atom stereocenters. The van der Waals surface area contributed by atoms with Gasteiger partial charge in [0.1, 0.15) is 5.82 Å². The van der Waals surface area contributed by atoms with Crippen LogP contribution in [0.5, 0.6) is 0 Å². The number of hydrogen-bond donors (Lipinski definition) is 0. The lowest BCUT2D eigenvalue weighted by Crippen LogP contribution is -2.15. The van der Waals surface area contributed by atoms with E-state index < -0.39 is 0 Å². The number of aromatic nitrogens is 3. The van der Waals surface area contributed by atoms with Gasteiger partial charge in [0.2, 0.25) is 0 Å². The number of thioether (sulfide) groups is 1. The average molecular weight is 329 g/mol. The van der Waals surface area contributed by atoms with Crippen LogP contribution in [-0.4, -0.2) is 25.8 Å². The lowest BCUT2D eigenvalue weighted by atomic mass is 10.1. The number of Topliss-reactive ketones (excluding diaryl/α,β-unsaturated/α-hetero) is 1. The minimum Gasteiger partial charge on any atom is -0.306 e. The molecule has 3 rings (SSSR count). The van der Waals surface area contributed by atoms with Gasteiger partial charge in [0.05, 0.1) is 5.25 Å². The Morgan fingerprint density at radius 3 is 2.52 bits per heavy atom. The number of hydrogen-bond acceptors (Lipinski definition) is 4. The van der Waals surface area contributed by atoms with E-state index in [0.29, 0.717) is 5.92 Å². The van der Waals surface area contributed by atoms with Gasteiger partial charge in [-0.1, -0.05) is 43.0 Å². The van der Waals surface area contributed by atoms with Crippen molar-refractivity contribution in [1.82, 2.24) is 14.8 Å². The summed E-state index contributed by atoms with van der Waals surface area (Å²) in [5.74, 6) is 1.81. The molecule has 122 valence electrons. The largest absolute Gasteiger partial charge is 0.306 e. The van der Waals surface area contributed by atoms with Crippen molar-refractivity contribution >= 4 is 17.5 Å². The lowest BCUT2D eigenvalue weighted by molar-refractivity contribution is 0.0994. The second kappa shape index (κ2) is 6.87. The lowest BCUT2D eigenvalue weighted by Gasteiger charge is -2.11. The first kappa shape index (κ1) is 16.2. The summed E-state index contributed by atoms with van der Waals surface area (Å²) < 4.78 is 2.16. The third-order valence-corrected chi connectivity index (χ3v) is 5.38. The Kier molecular flexibility index (Phi) is 4.85. The quantitative estimate of drug-likeness (QED) is 0.567. The topological polar surface area (TPSA) is 47.8 Å². The van der Waals surface area contributed by atoms with E-state index in [4.69, 9.17) is 0 Å². The molecule has 0 saturated heterocycles. The van der Waals surface area contributed by atoms with Gasteiger partial charge in [-0.2, -0.15) is 0 Å². The van der Waals surface area contributed by atoms with E-state index in [2.05, 4.69) is 28.6 Å². The predicted octanol–water partition coefficient (Wildman–Crippen LogP) is 4.10. The number of aryl methyl sites for hydroxylation is 1. The van der Waals surface area contributed by atoms with Crippen molar-refractivity contribution in [3.63, 3.8) is 0 Å². The molecule has 1 heterocycles. The summed E-state index contributed by atoms with van der Waals surface area (Å²) in [7, 11) is 0. The second-order valence-electron chi connectivity index (χ2n) is 6.03. The summed E-state index contributed by atoms with van der Waals surface area (Å²) in [6, 6.07) is 7.92. The third kappa shape index (κ3) is 3.50. The monoisotopic (exact) mass is 329 g/mol. The van der Waals surface area contributed by atoms with Crippen LogP contribution in [0, 0.1) is 0 Å². The summed E-state index contributed by atoms with van der Waals surface area (Å²) in [4.78, 5) is 12.6. The molecule has 0 bridgehead atoms. The van der Waals surface area contributed by atoms with Gasteiger partial charge in [0, 0.05) is 18.0 Å². The van der Waals surface area contributed by atoms with E-state index in [1.54, 1.807) is 0 Å². The molecule has 1 aliphatic rings. The SMILES string of the molecule is CCc1ccc(C(=O)C(C)Sc2nnc(C3CC3)n2CC)cc1. The summed E-state index contributed by atoms with van der Waals surface area (Å²) >= 11 is 1.51. The van der Waals surface area contributed by atoms with Crippen molar-refractivity contribution in [3.05, 3.63) is 41.2 Å². The molecule has 0 aliphatic heterocycles. The standard InChI is InChI=1S/C18H23N3OS/c1-4-13-6-8-14(9-7-13)16(22)12(3)23-18-20-19-17(15-10-11-15)21(18)5-2/h6-9,12,15H,4-5,10-11H2,1-3H3. The first-order valence-electron chi connectivity index (χ1n) is 8.36. The minimum absolute atomic E-state index is 0.149. The number of rotatable bonds is 7. The molecule has 1 aromatic heterocycles. The van der Waals surface area contributed by atoms with Crippen molar-refractivity contribution < 1.29 is 4.79 Å². The van der Waals surface area contributed by atoms with Crippen LogP contribution in [0.3, 0.4) is 0 Å². The molecular weight excluding hydrogens is 306 g/mol. The van der Waals surface area contributed by atoms with Crippen molar-refractivity contribution in [1.29, 1.82) is 0 Å². The van der Waals surface area contributed by atoms with Crippen LogP contribution in [0.25, 0.3) is 0 Å². The molecule has 0 spiro atoms. The Labute approximate surface area is 141 Å². The van der Waals surface area contributed by atoms with E-state index in [1.807, 2.05) is 31.2 Å². The van der Waals surface area contributed by atoms with Crippen molar-refractivity contribution in [3.8, 4) is 0 Å². The Balaban J connectivity index is 1.72. The molecule has 23 heavy (non-hydrogen) atoms. The fourth-order valence-electron chi connectivity index (χ4n) is 2.68. The maximum absolute atomic E-state index is 12.6. The van der Waals surface area contributed by atoms with E-state index >= 15 is 0 Å². The van der Waals surface area contributed by atoms with Gasteiger partial charge in [0.15, 0.2) is 10.9 Å². The molecule has 2 aromatic rings. The highest BCUT2D eigenvalue weighted by Crippen LogP contribution is 2.40. The Morgan fingerprint density at radius 1 is 1.26 bits per heavy atom. The number of nitrogens with zero attached hydrogens (tertiary/aromatic N) is 3. The Morgan fingerprint density at radius 2 is 1.96 bits per heavy atom. The first-order valence-corrected chi connectivity index (χ1v) is 9.24. The summed E-state index contributed by atoms with van der Waals surface area (Å²) in [6.07, 6.45) is 3.41. The average Bonchev–Trinajstić information content (AvgIpc) is 3.35. The smallest absolute Gasteiger partial charge is 0.191 e. The fraction of sp³-hybridized carbons (Fsp3) is 0.500. The predicted molar refractivity (Wildman–Crippen MR) is 93.1 cm³/mol. The van der Waals surface area contributed by atoms with Crippen molar-refractivity contribution in [2.24, 2.45) is 0 Å². The normalized spacial score (nSPS) is 15.6. The number of carbonyl (C=O) groups is 1. The van der Waals surface area contributed by atoms with E-state index in [1.165, 1.54) is 30.2 Å². The number of benzene rings is 1. The van der Waals surface area contributed by atoms with Crippen LogP contribution >= 0.6 is 11.8 Å². The molecule has 0 N–H and O–H groups in total. The molecule has 1 unspecified atom stereocenters. The highest BCUT2D eigenvalue weighted by atomic mass is 32.2. The van der Waals surface area contributed by atoms with E-state index in [9.17, 15) is 4.79 Å². The summed E-state index contributed by atoms with van der Waals surface area (Å²) in [5.41, 5.74) is 2.02. The van der Waals surface area contributed by atoms with Crippen LogP contribution in [0.2, 0.25) is 0 Å². The molecule has 4 nitrogen and oxygen atoms in total. The third-order valence-electron chi connectivity index (χ3n) is 4.30. The molecule has 0 radical (unpaired) electrons. The van der Waals surface area contributed by atoms with Gasteiger partial charge >= 0.3 is 0 Å². The van der Waals surface area contributed by atoms with Crippen molar-refractivity contribution in [2.45, 2.75) is 62.9 Å². The zero-order chi connectivity index (χ0) is 16.4. The van der Waals surface area contributed by atoms with Crippen LogP contribution in [0.15, 0.2) is 29.4 Å². The first-order chi connectivity index (χ1) is 11.1. The summed E-state index contributed by atoms with van der Waals surface area (Å²) in [6.45, 7) is 7.03. The van der Waals surface area contributed by atoms with Crippen LogP contribution < -0.4 is 0 Å². The maximum Gasteiger partial charge on any atom is 0.191 e. The van der Waals surface area contributed by atoms with Gasteiger partial charge < -0.3 is 4.57 Å². The van der Waals surface area contributed by atoms with Gasteiger partial charge in [-0.25, -0.2) is 0 Å². The van der Waals surface area contributed by atoms with Gasteiger partial charge in [-0.3, -0.25) is 4.79 Å². The molecule has 1 saturated carbocycles. The van der Waals surface area contributed by atoms with E-state index in [-0.39, 0.29) is 11.0 Å². The van der Waals surface area contributed by atoms with Gasteiger partial charge in [-0.15, -0.1) is 10.2 Å². The molecular formula is C18H23N3OS. The second-order valence-corrected chi connectivity index (χ2v) is 7.34. The van der Waals surface area contributed by atoms with Crippen LogP contribution in [-0.2, 0) is 13.0 Å². The highest BCUT2D eigenvalue weighted by molar-refractivity contribution is 8.00. The molecule has 1 fully saturated rings. The highest BCUT2D eigenvalue weighted by Gasteiger charge is 2.30. The van der Waals surface area contributed by atoms with Gasteiger partial charge in [0.25, 0.3) is 0 Å². The minimum atomic E-state index is -0.163. The van der Waals surface area contributed by atoms with Crippen LogP contribution in [0.1, 0.15) is 61.3 Å². The number of carbonyl (C=O) groups excluding carboxylic acids is 1. The molecule has 1 aliphatic carbocycles. The van der Waals surface area contributed by atoms with Gasteiger partial charge in [-0.05, 0) is 38.7 Å². The van der Waals surface area contributed by atoms with Crippen molar-refractivity contribution in [2.75, 3.05) is 0 Å². The zero-order valence-electron chi connectivity index (χ0n) is 14.0.